The molecule has 7 nitrogen and oxygen atoms in total. The minimum absolute atomic E-state index is 0.0554. The zero-order chi connectivity index (χ0) is 28.8. The molecule has 2 N–H and O–H groups in total. The second-order valence-electron chi connectivity index (χ2n) is 14.3. The minimum Gasteiger partial charge on any atom is -0.508 e. The molecule has 0 radical (unpaired) electrons. The summed E-state index contributed by atoms with van der Waals surface area (Å²) in [6, 6.07) is 7.97. The molecule has 2 aromatic heterocycles. The van der Waals surface area contributed by atoms with Gasteiger partial charge in [-0.15, -0.1) is 0 Å². The fraction of sp³-hybridized carbons (Fsp3) is 0.556. The Morgan fingerprint density at radius 2 is 1.93 bits per heavy atom. The number of aromatic amines is 1. The molecule has 0 amide bonds. The number of phenolic OH excluding ortho intramolecular Hbond substituents is 1. The minimum atomic E-state index is -0.410. The number of rotatable bonds is 1. The third-order valence-corrected chi connectivity index (χ3v) is 11.9. The highest BCUT2D eigenvalue weighted by Gasteiger charge is 2.77. The Kier molecular flexibility index (Phi) is 5.83. The van der Waals surface area contributed by atoms with Crippen molar-refractivity contribution in [2.75, 3.05) is 26.2 Å². The predicted molar refractivity (Wildman–Crippen MR) is 168 cm³/mol. The summed E-state index contributed by atoms with van der Waals surface area (Å²) in [5, 5.41) is 12.4. The largest absolute Gasteiger partial charge is 0.508 e. The summed E-state index contributed by atoms with van der Waals surface area (Å²) < 4.78 is 7.52. The van der Waals surface area contributed by atoms with Crippen LogP contribution in [-0.2, 0) is 9.53 Å². The number of Topliss-reactive ketones (excluding diaryl/α,β-unsaturated/α-hetero) is 1. The molecule has 5 bridgehead atoms. The number of fused-ring (bicyclic) bond motifs is 4. The number of hydrogen-bond donors (Lipinski definition) is 2. The maximum atomic E-state index is 12.8. The number of carbonyl (C=O) groups is 1. The number of H-pyrrole nitrogens is 1. The summed E-state index contributed by atoms with van der Waals surface area (Å²) in [5.74, 6) is 1.06. The van der Waals surface area contributed by atoms with Gasteiger partial charge in [0, 0.05) is 53.8 Å². The zero-order valence-electron chi connectivity index (χ0n) is 25.0. The van der Waals surface area contributed by atoms with Crippen molar-refractivity contribution in [1.82, 2.24) is 19.8 Å². The van der Waals surface area contributed by atoms with Crippen LogP contribution in [0.4, 0.5) is 0 Å². The van der Waals surface area contributed by atoms with Crippen molar-refractivity contribution in [3.8, 4) is 5.75 Å². The molecule has 4 saturated heterocycles. The van der Waals surface area contributed by atoms with Crippen LogP contribution >= 0.6 is 0 Å². The summed E-state index contributed by atoms with van der Waals surface area (Å²) in [4.78, 5) is 27.1. The van der Waals surface area contributed by atoms with Crippen LogP contribution in [0.2, 0.25) is 0 Å². The van der Waals surface area contributed by atoms with E-state index in [0.29, 0.717) is 30.6 Å². The van der Waals surface area contributed by atoms with Crippen LogP contribution in [-0.4, -0.2) is 74.2 Å². The summed E-state index contributed by atoms with van der Waals surface area (Å²) in [6.45, 7) is 4.32. The van der Waals surface area contributed by atoms with E-state index in [1.54, 1.807) is 6.07 Å². The van der Waals surface area contributed by atoms with E-state index >= 15 is 0 Å². The maximum absolute atomic E-state index is 12.8. The Balaban J connectivity index is 1.27. The Morgan fingerprint density at radius 1 is 1.00 bits per heavy atom. The van der Waals surface area contributed by atoms with Gasteiger partial charge in [0.25, 0.3) is 0 Å². The molecule has 1 aromatic carbocycles. The van der Waals surface area contributed by atoms with E-state index in [-0.39, 0.29) is 16.9 Å². The number of pyridine rings is 1. The molecule has 1 aliphatic carbocycles. The molecule has 43 heavy (non-hydrogen) atoms. The number of piperidine rings is 1. The Labute approximate surface area is 253 Å². The average molecular weight is 579 g/mol. The Bertz CT molecular complexity index is 1690. The van der Waals surface area contributed by atoms with E-state index in [1.807, 2.05) is 18.3 Å². The second-order valence-corrected chi connectivity index (χ2v) is 14.3. The molecule has 4 fully saturated rings. The normalized spacial score (nSPS) is 38.6. The number of ketones is 1. The lowest BCUT2D eigenvalue weighted by Crippen LogP contribution is -2.65. The van der Waals surface area contributed by atoms with Crippen molar-refractivity contribution >= 4 is 33.2 Å². The van der Waals surface area contributed by atoms with Crippen molar-refractivity contribution in [2.45, 2.75) is 88.0 Å². The van der Waals surface area contributed by atoms with Crippen LogP contribution in [0, 0.1) is 11.3 Å². The number of aromatic nitrogens is 2. The average Bonchev–Trinajstić information content (AvgIpc) is 3.57. The number of hydrogen-bond acceptors (Lipinski definition) is 6. The predicted octanol–water partition coefficient (Wildman–Crippen LogP) is 6.33. The third kappa shape index (κ3) is 3.77. The number of nitrogens with one attached hydrogen (secondary N) is 1. The lowest BCUT2D eigenvalue weighted by Gasteiger charge is -2.59. The highest BCUT2D eigenvalue weighted by Crippen LogP contribution is 2.70. The fourth-order valence-corrected chi connectivity index (χ4v) is 10.5. The smallest absolute Gasteiger partial charge is 0.133 e. The third-order valence-electron chi connectivity index (χ3n) is 11.9. The van der Waals surface area contributed by atoms with Crippen molar-refractivity contribution in [2.24, 2.45) is 11.3 Å². The van der Waals surface area contributed by atoms with Gasteiger partial charge in [0.15, 0.2) is 0 Å². The SMILES string of the molecule is O=C1CCCN2[C@H]3[C@@]45CN6CCCC/C=C\CC[C@@]3(C=C(c3nccc7c3[nH]c3ccc(O)cc37)[C@@H]4CC6)OC2(CC1)C5. The molecule has 0 saturated carbocycles. The molecule has 224 valence electrons. The molecule has 5 aliphatic heterocycles. The lowest BCUT2D eigenvalue weighted by molar-refractivity contribution is -0.180. The van der Waals surface area contributed by atoms with Gasteiger partial charge in [-0.2, -0.15) is 0 Å². The Hall–Kier alpha value is -3.00. The van der Waals surface area contributed by atoms with Crippen LogP contribution < -0.4 is 0 Å². The number of nitrogens with zero attached hydrogens (tertiary/aromatic N) is 3. The van der Waals surface area contributed by atoms with Crippen LogP contribution in [0.3, 0.4) is 0 Å². The van der Waals surface area contributed by atoms with E-state index in [0.717, 1.165) is 98.6 Å². The van der Waals surface area contributed by atoms with Crippen molar-refractivity contribution in [1.29, 1.82) is 0 Å². The standard InChI is InChI=1S/C36H42N4O3/c41-24-8-7-18-40-33-34-22-36(40,15-11-24)43-35(33)14-5-3-1-2-4-6-17-39(23-34)19-13-29(34)28(21-35)31-32-26(12-16-37-31)27-20-25(42)9-10-30(27)38-32/h1,3,9-10,12,16,20-21,29,33,38,42H,2,4-8,11,13-15,17-19,22-23H2/b3-1-/t29-,33-,34-,35-,36?/m0/s1. The number of benzene rings is 1. The van der Waals surface area contributed by atoms with Gasteiger partial charge in [-0.05, 0) is 113 Å². The quantitative estimate of drug-likeness (QED) is 0.329. The number of aromatic hydroxyl groups is 1. The van der Waals surface area contributed by atoms with Gasteiger partial charge in [-0.1, -0.05) is 12.2 Å². The van der Waals surface area contributed by atoms with E-state index in [2.05, 4.69) is 39.1 Å². The molecular formula is C36H42N4O3. The van der Waals surface area contributed by atoms with E-state index in [4.69, 9.17) is 9.72 Å². The van der Waals surface area contributed by atoms with Gasteiger partial charge in [0.1, 0.15) is 22.9 Å². The molecule has 7 heteroatoms. The summed E-state index contributed by atoms with van der Waals surface area (Å²) in [6.07, 6.45) is 20.0. The highest BCUT2D eigenvalue weighted by molar-refractivity contribution is 6.10. The van der Waals surface area contributed by atoms with Gasteiger partial charge in [0.05, 0.1) is 17.3 Å². The summed E-state index contributed by atoms with van der Waals surface area (Å²) in [7, 11) is 0. The van der Waals surface area contributed by atoms with Gasteiger partial charge in [-0.3, -0.25) is 14.7 Å². The van der Waals surface area contributed by atoms with Crippen molar-refractivity contribution < 1.29 is 14.6 Å². The fourth-order valence-electron chi connectivity index (χ4n) is 10.5. The number of phenols is 1. The summed E-state index contributed by atoms with van der Waals surface area (Å²) in [5.41, 5.74) is 3.76. The van der Waals surface area contributed by atoms with Crippen LogP contribution in [0.5, 0.6) is 5.75 Å². The number of ether oxygens (including phenoxy) is 1. The number of allylic oxidation sites excluding steroid dienone is 3. The molecule has 2 unspecified atom stereocenters. The van der Waals surface area contributed by atoms with Crippen LogP contribution in [0.25, 0.3) is 27.4 Å². The topological polar surface area (TPSA) is 81.7 Å². The molecule has 6 aliphatic rings. The van der Waals surface area contributed by atoms with E-state index in [1.165, 1.54) is 18.4 Å². The van der Waals surface area contributed by atoms with Gasteiger partial charge in [-0.25, -0.2) is 0 Å². The van der Waals surface area contributed by atoms with Crippen molar-refractivity contribution in [3.63, 3.8) is 0 Å². The van der Waals surface area contributed by atoms with Crippen LogP contribution in [0.1, 0.15) is 76.3 Å². The van der Waals surface area contributed by atoms with Crippen LogP contribution in [0.15, 0.2) is 48.7 Å². The van der Waals surface area contributed by atoms with E-state index < -0.39 is 5.60 Å². The molecule has 1 spiro atoms. The number of carbonyl (C=O) groups excluding carboxylic acids is 1. The summed E-state index contributed by atoms with van der Waals surface area (Å²) >= 11 is 0. The maximum Gasteiger partial charge on any atom is 0.133 e. The second kappa shape index (κ2) is 9.50. The first kappa shape index (κ1) is 26.4. The molecule has 7 heterocycles. The van der Waals surface area contributed by atoms with Gasteiger partial charge in [0.2, 0.25) is 0 Å². The lowest BCUT2D eigenvalue weighted by atomic mass is 9.53. The molecule has 3 aromatic rings. The first-order chi connectivity index (χ1) is 21.0. The highest BCUT2D eigenvalue weighted by atomic mass is 16.6. The molecule has 6 atom stereocenters. The first-order valence-electron chi connectivity index (χ1n) is 16.7. The monoisotopic (exact) mass is 578 g/mol. The molecular weight excluding hydrogens is 536 g/mol. The van der Waals surface area contributed by atoms with E-state index in [9.17, 15) is 9.90 Å². The van der Waals surface area contributed by atoms with Crippen molar-refractivity contribution in [3.05, 3.63) is 54.4 Å². The Morgan fingerprint density at radius 3 is 2.88 bits per heavy atom. The molecule has 9 rings (SSSR count). The van der Waals surface area contributed by atoms with Gasteiger partial charge >= 0.3 is 0 Å². The zero-order valence-corrected chi connectivity index (χ0v) is 25.0. The first-order valence-corrected chi connectivity index (χ1v) is 16.7. The van der Waals surface area contributed by atoms with Gasteiger partial charge < -0.3 is 19.7 Å².